The molecular formula is C22H21BrClN4O3P. The van der Waals surface area contributed by atoms with E-state index < -0.39 is 7.60 Å². The molecule has 1 aliphatic heterocycles. The summed E-state index contributed by atoms with van der Waals surface area (Å²) in [5.41, 5.74) is 2.60. The van der Waals surface area contributed by atoms with Gasteiger partial charge >= 0.3 is 7.60 Å². The third-order valence-electron chi connectivity index (χ3n) is 5.75. The van der Waals surface area contributed by atoms with Crippen molar-refractivity contribution in [1.82, 2.24) is 15.0 Å². The summed E-state index contributed by atoms with van der Waals surface area (Å²) in [4.78, 5) is 24.9. The van der Waals surface area contributed by atoms with Gasteiger partial charge in [-0.15, -0.1) is 0 Å². The lowest BCUT2D eigenvalue weighted by molar-refractivity contribution is 0.352. The number of benzene rings is 2. The number of anilines is 1. The van der Waals surface area contributed by atoms with Crippen LogP contribution in [0.15, 0.2) is 53.0 Å². The molecule has 1 fully saturated rings. The predicted molar refractivity (Wildman–Crippen MR) is 131 cm³/mol. The van der Waals surface area contributed by atoms with Crippen molar-refractivity contribution in [2.24, 2.45) is 5.92 Å². The first kappa shape index (κ1) is 21.7. The number of rotatable bonds is 5. The maximum Gasteiger partial charge on any atom is 0.376 e. The average Bonchev–Trinajstić information content (AvgIpc) is 3.11. The zero-order valence-electron chi connectivity index (χ0n) is 17.0. The van der Waals surface area contributed by atoms with Crippen molar-refractivity contribution in [1.29, 1.82) is 0 Å². The molecule has 5 rings (SSSR count). The van der Waals surface area contributed by atoms with Gasteiger partial charge in [0, 0.05) is 28.5 Å². The van der Waals surface area contributed by atoms with E-state index in [4.69, 9.17) is 16.1 Å². The van der Waals surface area contributed by atoms with Crippen LogP contribution in [0.3, 0.4) is 0 Å². The van der Waals surface area contributed by atoms with Gasteiger partial charge in [0.25, 0.3) is 0 Å². The van der Waals surface area contributed by atoms with E-state index in [-0.39, 0.29) is 17.4 Å². The molecule has 4 aromatic rings. The highest BCUT2D eigenvalue weighted by Crippen LogP contribution is 2.46. The highest BCUT2D eigenvalue weighted by atomic mass is 79.9. The molecule has 0 amide bonds. The zero-order valence-corrected chi connectivity index (χ0v) is 20.3. The summed E-state index contributed by atoms with van der Waals surface area (Å²) in [6, 6.07) is 14.8. The van der Waals surface area contributed by atoms with Crippen LogP contribution in [0, 0.1) is 5.92 Å². The number of hydrogen-bond donors (Lipinski definition) is 2. The van der Waals surface area contributed by atoms with E-state index in [0.717, 1.165) is 45.1 Å². The molecule has 0 aliphatic carbocycles. The Kier molecular flexibility index (Phi) is 5.88. The molecule has 32 heavy (non-hydrogen) atoms. The predicted octanol–water partition coefficient (Wildman–Crippen LogP) is 6.01. The first-order valence-corrected chi connectivity index (χ1v) is 13.3. The molecule has 2 aromatic heterocycles. The van der Waals surface area contributed by atoms with E-state index in [1.54, 1.807) is 24.3 Å². The molecule has 1 saturated heterocycles. The maximum atomic E-state index is 12.6. The fourth-order valence-electron chi connectivity index (χ4n) is 4.25. The molecule has 0 bridgehead atoms. The van der Waals surface area contributed by atoms with Crippen molar-refractivity contribution in [2.45, 2.75) is 12.8 Å². The van der Waals surface area contributed by atoms with Gasteiger partial charge < -0.3 is 19.3 Å². The number of fused-ring (bicyclic) bond motifs is 3. The quantitative estimate of drug-likeness (QED) is 0.240. The summed E-state index contributed by atoms with van der Waals surface area (Å²) in [7, 11) is -3.72. The van der Waals surface area contributed by atoms with Crippen molar-refractivity contribution < 1.29 is 14.0 Å². The SMILES string of the molecule is O=P(O)(CC1CCN(c2nc(Cl)nc3c2[nH]c2ccc(Br)cc23)CC1)Oc1ccccc1. The minimum atomic E-state index is -3.72. The maximum absolute atomic E-state index is 12.6. The molecule has 166 valence electrons. The molecular weight excluding hydrogens is 515 g/mol. The summed E-state index contributed by atoms with van der Waals surface area (Å²) >= 11 is 9.79. The molecule has 2 N–H and O–H groups in total. The van der Waals surface area contributed by atoms with Crippen molar-refractivity contribution in [3.63, 3.8) is 0 Å². The second-order valence-electron chi connectivity index (χ2n) is 8.01. The van der Waals surface area contributed by atoms with E-state index in [2.05, 4.69) is 35.8 Å². The van der Waals surface area contributed by atoms with Gasteiger partial charge in [0.15, 0.2) is 5.82 Å². The number of piperidine rings is 1. The van der Waals surface area contributed by atoms with E-state index >= 15 is 0 Å². The lowest BCUT2D eigenvalue weighted by Crippen LogP contribution is -2.35. The Hall–Kier alpha value is -2.12. The molecule has 1 unspecified atom stereocenters. The van der Waals surface area contributed by atoms with Gasteiger partial charge in [-0.25, -0.2) is 9.55 Å². The van der Waals surface area contributed by atoms with Crippen LogP contribution < -0.4 is 9.42 Å². The second kappa shape index (κ2) is 8.67. The van der Waals surface area contributed by atoms with Gasteiger partial charge in [0.1, 0.15) is 16.8 Å². The van der Waals surface area contributed by atoms with Crippen molar-refractivity contribution >= 4 is 62.9 Å². The highest BCUT2D eigenvalue weighted by molar-refractivity contribution is 9.10. The van der Waals surface area contributed by atoms with Crippen LogP contribution in [0.5, 0.6) is 5.75 Å². The molecule has 0 spiro atoms. The first-order valence-electron chi connectivity index (χ1n) is 10.3. The highest BCUT2D eigenvalue weighted by Gasteiger charge is 2.31. The van der Waals surface area contributed by atoms with Crippen LogP contribution in [0.25, 0.3) is 21.9 Å². The number of para-hydroxylation sites is 1. The lowest BCUT2D eigenvalue weighted by atomic mass is 9.99. The summed E-state index contributed by atoms with van der Waals surface area (Å²) in [6.45, 7) is 1.41. The van der Waals surface area contributed by atoms with E-state index in [0.29, 0.717) is 18.8 Å². The Balaban J connectivity index is 1.33. The van der Waals surface area contributed by atoms with Crippen molar-refractivity contribution in [3.05, 3.63) is 58.3 Å². The van der Waals surface area contributed by atoms with Crippen LogP contribution in [0.2, 0.25) is 5.28 Å². The number of nitrogens with one attached hydrogen (secondary N) is 1. The summed E-state index contributed by atoms with van der Waals surface area (Å²) in [6.07, 6.45) is 1.66. The first-order chi connectivity index (χ1) is 15.4. The van der Waals surface area contributed by atoms with Crippen LogP contribution in [-0.2, 0) is 4.57 Å². The van der Waals surface area contributed by atoms with Gasteiger partial charge in [0.2, 0.25) is 5.28 Å². The Morgan fingerprint density at radius 3 is 2.69 bits per heavy atom. The Morgan fingerprint density at radius 1 is 1.19 bits per heavy atom. The largest absolute Gasteiger partial charge is 0.424 e. The number of nitrogens with zero attached hydrogens (tertiary/aromatic N) is 3. The van der Waals surface area contributed by atoms with Crippen LogP contribution in [-0.4, -0.2) is 39.1 Å². The standard InChI is InChI=1S/C22H21BrClN4O3P/c23-15-6-7-18-17(12-15)19-20(25-18)21(27-22(24)26-19)28-10-8-14(9-11-28)13-32(29,30)31-16-4-2-1-3-5-16/h1-7,12,14,25H,8-11,13H2,(H,29,30). The Labute approximate surface area is 198 Å². The number of hydrogen-bond acceptors (Lipinski definition) is 5. The Morgan fingerprint density at radius 2 is 1.94 bits per heavy atom. The summed E-state index contributed by atoms with van der Waals surface area (Å²) in [5, 5.41) is 1.18. The minimum absolute atomic E-state index is 0.0947. The fraction of sp³-hybridized carbons (Fsp3) is 0.273. The molecule has 10 heteroatoms. The minimum Gasteiger partial charge on any atom is -0.424 e. The van der Waals surface area contributed by atoms with Gasteiger partial charge in [-0.05, 0) is 60.7 Å². The normalized spacial score (nSPS) is 17.0. The zero-order chi connectivity index (χ0) is 22.3. The monoisotopic (exact) mass is 534 g/mol. The Bertz CT molecular complexity index is 1330. The summed E-state index contributed by atoms with van der Waals surface area (Å²) < 4.78 is 19.0. The van der Waals surface area contributed by atoms with Crippen LogP contribution in [0.1, 0.15) is 12.8 Å². The lowest BCUT2D eigenvalue weighted by Gasteiger charge is -2.33. The van der Waals surface area contributed by atoms with Crippen LogP contribution in [0.4, 0.5) is 5.82 Å². The number of halogens is 2. The third kappa shape index (κ3) is 4.50. The molecule has 2 aromatic carbocycles. The molecule has 7 nitrogen and oxygen atoms in total. The fourth-order valence-corrected chi connectivity index (χ4v) is 6.32. The molecule has 3 heterocycles. The van der Waals surface area contributed by atoms with Gasteiger partial charge in [-0.3, -0.25) is 0 Å². The number of H-pyrrole nitrogens is 1. The average molecular weight is 536 g/mol. The summed E-state index contributed by atoms with van der Waals surface area (Å²) in [5.74, 6) is 1.27. The topological polar surface area (TPSA) is 91.3 Å². The van der Waals surface area contributed by atoms with Gasteiger partial charge in [0.05, 0.1) is 6.16 Å². The van der Waals surface area contributed by atoms with Crippen LogP contribution >= 0.6 is 35.1 Å². The van der Waals surface area contributed by atoms with Gasteiger partial charge in [-0.2, -0.15) is 4.98 Å². The third-order valence-corrected chi connectivity index (χ3v) is 7.89. The van der Waals surface area contributed by atoms with E-state index in [9.17, 15) is 9.46 Å². The smallest absolute Gasteiger partial charge is 0.376 e. The van der Waals surface area contributed by atoms with Crippen molar-refractivity contribution in [2.75, 3.05) is 24.2 Å². The van der Waals surface area contributed by atoms with E-state index in [1.165, 1.54) is 0 Å². The number of aromatic nitrogens is 3. The molecule has 0 radical (unpaired) electrons. The molecule has 0 saturated carbocycles. The number of aromatic amines is 1. The molecule has 1 atom stereocenters. The van der Waals surface area contributed by atoms with E-state index in [1.807, 2.05) is 24.3 Å². The molecule has 1 aliphatic rings. The van der Waals surface area contributed by atoms with Gasteiger partial charge in [-0.1, -0.05) is 34.1 Å². The second-order valence-corrected chi connectivity index (χ2v) is 11.1. The van der Waals surface area contributed by atoms with Crippen molar-refractivity contribution in [3.8, 4) is 5.75 Å².